The number of thiophene rings is 1. The Bertz CT molecular complexity index is 1980. The zero-order valence-electron chi connectivity index (χ0n) is 32.0. The number of benzene rings is 3. The Morgan fingerprint density at radius 2 is 1.43 bits per heavy atom. The molecule has 4 aromatic rings. The van der Waals surface area contributed by atoms with Gasteiger partial charge >= 0.3 is 11.9 Å². The van der Waals surface area contributed by atoms with Crippen LogP contribution in [0.3, 0.4) is 0 Å². The number of aryl methyl sites for hydroxylation is 3. The zero-order valence-corrected chi connectivity index (χ0v) is 33.6. The Balaban J connectivity index is 0.00000696. The molecule has 3 amide bonds. The molecule has 5 rings (SSSR count). The molecule has 0 saturated heterocycles. The molecule has 3 aromatic carbocycles. The van der Waals surface area contributed by atoms with Gasteiger partial charge in [-0.2, -0.15) is 0 Å². The van der Waals surface area contributed by atoms with Crippen LogP contribution in [0.1, 0.15) is 104 Å². The van der Waals surface area contributed by atoms with Crippen molar-refractivity contribution in [1.82, 2.24) is 9.80 Å². The normalized spacial score (nSPS) is 12.0. The molecule has 0 radical (unpaired) electrons. The first-order valence-electron chi connectivity index (χ1n) is 19.0. The van der Waals surface area contributed by atoms with Crippen LogP contribution in [0.15, 0.2) is 72.8 Å². The van der Waals surface area contributed by atoms with E-state index in [1.807, 2.05) is 54.6 Å². The number of carbonyl (C=O) groups excluding carboxylic acids is 3. The number of rotatable bonds is 19. The van der Waals surface area contributed by atoms with Crippen LogP contribution in [0.25, 0.3) is 0 Å². The molecule has 1 aliphatic rings. The van der Waals surface area contributed by atoms with Crippen molar-refractivity contribution >= 4 is 64.1 Å². The molecular weight excluding hydrogens is 752 g/mol. The van der Waals surface area contributed by atoms with Crippen molar-refractivity contribution in [1.29, 1.82) is 0 Å². The van der Waals surface area contributed by atoms with Crippen molar-refractivity contribution < 1.29 is 34.2 Å². The fourth-order valence-corrected chi connectivity index (χ4v) is 8.09. The molecule has 0 spiro atoms. The summed E-state index contributed by atoms with van der Waals surface area (Å²) in [5, 5.41) is 24.7. The SMILES string of the molecule is CCCN(CCN(C)C(=O)CCC(=O)O)Cc1cccc(C(=O)Nc2sc3c(c2C(=O)Nc2ccc(CCCc4ccc(C(=O)O)cc4)cc2)CCCC3)c1.Cl. The van der Waals surface area contributed by atoms with E-state index in [2.05, 4.69) is 22.5 Å². The van der Waals surface area contributed by atoms with E-state index in [1.165, 1.54) is 11.3 Å². The number of halogens is 1. The van der Waals surface area contributed by atoms with E-state index in [4.69, 9.17) is 10.2 Å². The maximum Gasteiger partial charge on any atom is 0.335 e. The van der Waals surface area contributed by atoms with Crippen molar-refractivity contribution in [3.05, 3.63) is 117 Å². The third kappa shape index (κ3) is 12.5. The highest BCUT2D eigenvalue weighted by atomic mass is 35.5. The van der Waals surface area contributed by atoms with Gasteiger partial charge in [-0.1, -0.05) is 43.3 Å². The van der Waals surface area contributed by atoms with Crippen LogP contribution in [0.4, 0.5) is 10.7 Å². The number of hydrogen-bond donors (Lipinski definition) is 4. The summed E-state index contributed by atoms with van der Waals surface area (Å²) in [5.41, 5.74) is 6.14. The maximum atomic E-state index is 13.9. The van der Waals surface area contributed by atoms with Crippen LogP contribution in [0.2, 0.25) is 0 Å². The molecule has 0 unspecified atom stereocenters. The maximum absolute atomic E-state index is 13.9. The third-order valence-corrected chi connectivity index (χ3v) is 11.0. The fraction of sp³-hybridized carbons (Fsp3) is 0.372. The van der Waals surface area contributed by atoms with Gasteiger partial charge in [0.05, 0.1) is 17.5 Å². The van der Waals surface area contributed by atoms with Crippen molar-refractivity contribution in [2.45, 2.75) is 77.7 Å². The number of carboxylic acid groups (broad SMARTS) is 2. The van der Waals surface area contributed by atoms with Gasteiger partial charge in [-0.05, 0) is 117 Å². The monoisotopic (exact) mass is 802 g/mol. The van der Waals surface area contributed by atoms with E-state index >= 15 is 0 Å². The topological polar surface area (TPSA) is 156 Å². The Labute approximate surface area is 338 Å². The molecule has 11 nitrogen and oxygen atoms in total. The first-order chi connectivity index (χ1) is 26.5. The summed E-state index contributed by atoms with van der Waals surface area (Å²) < 4.78 is 0. The fourth-order valence-electron chi connectivity index (χ4n) is 6.80. The van der Waals surface area contributed by atoms with Crippen LogP contribution in [-0.4, -0.2) is 76.4 Å². The Morgan fingerprint density at radius 1 is 0.750 bits per heavy atom. The number of nitrogens with zero attached hydrogens (tertiary/aromatic N) is 2. The average molecular weight is 803 g/mol. The number of aromatic carboxylic acids is 1. The number of amides is 3. The lowest BCUT2D eigenvalue weighted by atomic mass is 9.95. The molecule has 0 saturated carbocycles. The highest BCUT2D eigenvalue weighted by Gasteiger charge is 2.27. The van der Waals surface area contributed by atoms with Crippen LogP contribution < -0.4 is 10.6 Å². The number of hydrogen-bond acceptors (Lipinski definition) is 7. The van der Waals surface area contributed by atoms with Gasteiger partial charge in [0.2, 0.25) is 5.91 Å². The lowest BCUT2D eigenvalue weighted by Crippen LogP contribution is -2.36. The molecule has 1 aromatic heterocycles. The first-order valence-corrected chi connectivity index (χ1v) is 19.8. The van der Waals surface area contributed by atoms with Gasteiger partial charge in [0.1, 0.15) is 5.00 Å². The smallest absolute Gasteiger partial charge is 0.335 e. The van der Waals surface area contributed by atoms with Gasteiger partial charge in [-0.15, -0.1) is 23.7 Å². The van der Waals surface area contributed by atoms with E-state index in [1.54, 1.807) is 30.1 Å². The molecule has 4 N–H and O–H groups in total. The minimum absolute atomic E-state index is 0. The predicted octanol–water partition coefficient (Wildman–Crippen LogP) is 7.96. The van der Waals surface area contributed by atoms with Crippen LogP contribution in [0, 0.1) is 0 Å². The molecule has 298 valence electrons. The lowest BCUT2D eigenvalue weighted by Gasteiger charge is -2.25. The Kier molecular flexibility index (Phi) is 16.6. The van der Waals surface area contributed by atoms with E-state index < -0.39 is 11.9 Å². The number of aliphatic carboxylic acids is 1. The summed E-state index contributed by atoms with van der Waals surface area (Å²) >= 11 is 1.48. The second-order valence-electron chi connectivity index (χ2n) is 14.1. The number of fused-ring (bicyclic) bond motifs is 1. The number of nitrogens with one attached hydrogen (secondary N) is 2. The second kappa shape index (κ2) is 21.3. The molecule has 0 bridgehead atoms. The molecule has 0 aliphatic heterocycles. The molecule has 1 aliphatic carbocycles. The number of carbonyl (C=O) groups is 5. The van der Waals surface area contributed by atoms with Crippen molar-refractivity contribution in [2.24, 2.45) is 0 Å². The van der Waals surface area contributed by atoms with Crippen LogP contribution in [0.5, 0.6) is 0 Å². The summed E-state index contributed by atoms with van der Waals surface area (Å²) in [4.78, 5) is 66.8. The molecule has 56 heavy (non-hydrogen) atoms. The second-order valence-corrected chi connectivity index (χ2v) is 15.2. The Hall–Kier alpha value is -5.04. The van der Waals surface area contributed by atoms with Crippen LogP contribution in [-0.2, 0) is 41.8 Å². The molecule has 0 fully saturated rings. The summed E-state index contributed by atoms with van der Waals surface area (Å²) in [7, 11) is 1.68. The quantitative estimate of drug-likeness (QED) is 0.0744. The number of carboxylic acids is 2. The van der Waals surface area contributed by atoms with E-state index in [0.29, 0.717) is 41.4 Å². The summed E-state index contributed by atoms with van der Waals surface area (Å²) in [6, 6.07) is 22.2. The summed E-state index contributed by atoms with van der Waals surface area (Å²) in [5.74, 6) is -2.66. The Morgan fingerprint density at radius 3 is 2.09 bits per heavy atom. The minimum atomic E-state index is -0.993. The van der Waals surface area contributed by atoms with Gasteiger partial charge < -0.3 is 25.7 Å². The molecule has 1 heterocycles. The summed E-state index contributed by atoms with van der Waals surface area (Å²) in [6.07, 6.45) is 6.94. The minimum Gasteiger partial charge on any atom is -0.481 e. The van der Waals surface area contributed by atoms with Gasteiger partial charge in [0, 0.05) is 49.2 Å². The lowest BCUT2D eigenvalue weighted by molar-refractivity contribution is -0.140. The van der Waals surface area contributed by atoms with Crippen LogP contribution >= 0.6 is 23.7 Å². The highest BCUT2D eigenvalue weighted by Crippen LogP contribution is 2.39. The number of anilines is 2. The third-order valence-electron chi connectivity index (χ3n) is 9.83. The van der Waals surface area contributed by atoms with Crippen molar-refractivity contribution in [2.75, 3.05) is 37.3 Å². The van der Waals surface area contributed by atoms with E-state index in [0.717, 1.165) is 85.0 Å². The molecule has 0 atom stereocenters. The number of likely N-dealkylation sites (N-methyl/N-ethyl adjacent to an activating group) is 1. The molecular formula is C43H51ClN4O7S. The van der Waals surface area contributed by atoms with Gasteiger partial charge in [-0.25, -0.2) is 4.79 Å². The van der Waals surface area contributed by atoms with Crippen molar-refractivity contribution in [3.63, 3.8) is 0 Å². The zero-order chi connectivity index (χ0) is 39.3. The largest absolute Gasteiger partial charge is 0.481 e. The summed E-state index contributed by atoms with van der Waals surface area (Å²) in [6.45, 7) is 4.52. The standard InChI is InChI=1S/C43H50N4O7S.ClH/c1-3-24-47(26-25-46(2)37(48)22-23-38(49)50)28-31-10-7-11-33(27-31)40(51)45-42-39(35-12-4-5-13-36(35)55-42)41(52)44-34-20-16-30(17-21-34)9-6-8-29-14-18-32(19-15-29)43(53)54;/h7,10-11,14-21,27H,3-6,8-9,12-13,22-26,28H2,1-2H3,(H,44,52)(H,45,51)(H,49,50)(H,53,54);1H. The first kappa shape index (κ1) is 43.7. The van der Waals surface area contributed by atoms with Gasteiger partial charge in [0.15, 0.2) is 0 Å². The van der Waals surface area contributed by atoms with Gasteiger partial charge in [0.25, 0.3) is 11.8 Å². The van der Waals surface area contributed by atoms with Crippen molar-refractivity contribution in [3.8, 4) is 0 Å². The predicted molar refractivity (Wildman–Crippen MR) is 223 cm³/mol. The van der Waals surface area contributed by atoms with E-state index in [-0.39, 0.29) is 48.5 Å². The van der Waals surface area contributed by atoms with Gasteiger partial charge in [-0.3, -0.25) is 24.1 Å². The molecule has 13 heteroatoms. The highest BCUT2D eigenvalue weighted by molar-refractivity contribution is 7.17. The van der Waals surface area contributed by atoms with E-state index in [9.17, 15) is 24.0 Å². The average Bonchev–Trinajstić information content (AvgIpc) is 3.54.